The van der Waals surface area contributed by atoms with Crippen LogP contribution in [0.15, 0.2) is 24.3 Å². The first-order valence-corrected chi connectivity index (χ1v) is 7.58. The predicted molar refractivity (Wildman–Crippen MR) is 88.8 cm³/mol. The summed E-state index contributed by atoms with van der Waals surface area (Å²) in [6.07, 6.45) is 1.76. The normalized spacial score (nSPS) is 11.0. The van der Waals surface area contributed by atoms with Crippen molar-refractivity contribution in [1.29, 1.82) is 0 Å². The average Bonchev–Trinajstić information content (AvgIpc) is 2.42. The zero-order valence-corrected chi connectivity index (χ0v) is 13.7. The van der Waals surface area contributed by atoms with E-state index in [0.29, 0.717) is 5.92 Å². The van der Waals surface area contributed by atoms with Crippen LogP contribution in [0.2, 0.25) is 0 Å². The van der Waals surface area contributed by atoms with Crippen molar-refractivity contribution in [2.45, 2.75) is 40.5 Å². The van der Waals surface area contributed by atoms with E-state index in [1.54, 1.807) is 0 Å². The molecule has 3 heteroatoms. The third-order valence-electron chi connectivity index (χ3n) is 3.63. The Kier molecular flexibility index (Phi) is 4.94. The van der Waals surface area contributed by atoms with E-state index in [-0.39, 0.29) is 0 Å². The molecule has 1 heterocycles. The first-order valence-electron chi connectivity index (χ1n) is 7.58. The van der Waals surface area contributed by atoms with Crippen molar-refractivity contribution < 1.29 is 0 Å². The zero-order chi connectivity index (χ0) is 15.4. The fourth-order valence-electron chi connectivity index (χ4n) is 2.38. The molecule has 1 aromatic carbocycles. The molecule has 1 aromatic heterocycles. The van der Waals surface area contributed by atoms with E-state index in [0.717, 1.165) is 30.2 Å². The third kappa shape index (κ3) is 4.28. The molecule has 2 rings (SSSR count). The summed E-state index contributed by atoms with van der Waals surface area (Å²) in [4.78, 5) is 9.30. The summed E-state index contributed by atoms with van der Waals surface area (Å²) in [6, 6.07) is 8.61. The van der Waals surface area contributed by atoms with Gasteiger partial charge in [-0.2, -0.15) is 0 Å². The summed E-state index contributed by atoms with van der Waals surface area (Å²) >= 11 is 0. The van der Waals surface area contributed by atoms with Crippen molar-refractivity contribution in [3.8, 4) is 0 Å². The third-order valence-corrected chi connectivity index (χ3v) is 3.63. The Labute approximate surface area is 127 Å². The van der Waals surface area contributed by atoms with Crippen LogP contribution in [-0.2, 0) is 12.8 Å². The summed E-state index contributed by atoms with van der Waals surface area (Å²) < 4.78 is 0. The molecule has 0 aliphatic heterocycles. The molecule has 3 nitrogen and oxygen atoms in total. The SMILES string of the molecule is CNc1cc(CC(C)C)nc(Cc2ccc(C)c(C)c2)n1. The van der Waals surface area contributed by atoms with Crippen LogP contribution in [0.25, 0.3) is 0 Å². The Hall–Kier alpha value is -1.90. The molecule has 21 heavy (non-hydrogen) atoms. The standard InChI is InChI=1S/C18H25N3/c1-12(2)8-16-11-17(19-5)21-18(20-16)10-15-7-6-13(3)14(4)9-15/h6-7,9,11-12H,8,10H2,1-5H3,(H,19,20,21). The van der Waals surface area contributed by atoms with Crippen LogP contribution in [0, 0.1) is 19.8 Å². The highest BCUT2D eigenvalue weighted by molar-refractivity contribution is 5.37. The highest BCUT2D eigenvalue weighted by Crippen LogP contribution is 2.15. The fraction of sp³-hybridized carbons (Fsp3) is 0.444. The van der Waals surface area contributed by atoms with Crippen molar-refractivity contribution in [3.63, 3.8) is 0 Å². The van der Waals surface area contributed by atoms with Crippen molar-refractivity contribution >= 4 is 5.82 Å². The molecule has 0 atom stereocenters. The lowest BCUT2D eigenvalue weighted by molar-refractivity contribution is 0.631. The van der Waals surface area contributed by atoms with Gasteiger partial charge in [0.15, 0.2) is 0 Å². The van der Waals surface area contributed by atoms with Crippen molar-refractivity contribution in [2.75, 3.05) is 12.4 Å². The first kappa shape index (κ1) is 15.5. The zero-order valence-electron chi connectivity index (χ0n) is 13.7. The van der Waals surface area contributed by atoms with Gasteiger partial charge in [-0.25, -0.2) is 9.97 Å². The minimum absolute atomic E-state index is 0.596. The number of hydrogen-bond donors (Lipinski definition) is 1. The van der Waals surface area contributed by atoms with Crippen molar-refractivity contribution in [2.24, 2.45) is 5.92 Å². The fourth-order valence-corrected chi connectivity index (χ4v) is 2.38. The monoisotopic (exact) mass is 283 g/mol. The quantitative estimate of drug-likeness (QED) is 0.903. The lowest BCUT2D eigenvalue weighted by atomic mass is 10.0. The summed E-state index contributed by atoms with van der Waals surface area (Å²) in [5.41, 5.74) is 5.02. The summed E-state index contributed by atoms with van der Waals surface area (Å²) in [5, 5.41) is 3.14. The van der Waals surface area contributed by atoms with Crippen molar-refractivity contribution in [3.05, 3.63) is 52.5 Å². The smallest absolute Gasteiger partial charge is 0.135 e. The lowest BCUT2D eigenvalue weighted by Crippen LogP contribution is -2.06. The van der Waals surface area contributed by atoms with Crippen LogP contribution < -0.4 is 5.32 Å². The number of benzene rings is 1. The van der Waals surface area contributed by atoms with Gasteiger partial charge in [0.25, 0.3) is 0 Å². The van der Waals surface area contributed by atoms with Crippen LogP contribution in [0.1, 0.15) is 42.1 Å². The molecule has 0 unspecified atom stereocenters. The van der Waals surface area contributed by atoms with E-state index in [9.17, 15) is 0 Å². The predicted octanol–water partition coefficient (Wildman–Crippen LogP) is 3.92. The van der Waals surface area contributed by atoms with E-state index in [4.69, 9.17) is 4.98 Å². The molecule has 0 radical (unpaired) electrons. The Morgan fingerprint density at radius 2 is 1.81 bits per heavy atom. The van der Waals surface area contributed by atoms with Crippen LogP contribution in [0.3, 0.4) is 0 Å². The average molecular weight is 283 g/mol. The Balaban J connectivity index is 2.27. The van der Waals surface area contributed by atoms with E-state index in [2.05, 4.69) is 56.2 Å². The van der Waals surface area contributed by atoms with E-state index in [1.165, 1.54) is 16.7 Å². The topological polar surface area (TPSA) is 37.8 Å². The molecule has 2 aromatic rings. The molecule has 0 saturated heterocycles. The Morgan fingerprint density at radius 3 is 2.43 bits per heavy atom. The second-order valence-corrected chi connectivity index (χ2v) is 6.10. The number of nitrogens with zero attached hydrogens (tertiary/aromatic N) is 2. The Bertz CT molecular complexity index is 618. The van der Waals surface area contributed by atoms with Gasteiger partial charge in [0.2, 0.25) is 0 Å². The van der Waals surface area contributed by atoms with E-state index >= 15 is 0 Å². The number of anilines is 1. The van der Waals surface area contributed by atoms with Crippen LogP contribution in [0.4, 0.5) is 5.82 Å². The molecule has 112 valence electrons. The van der Waals surface area contributed by atoms with Crippen LogP contribution in [0.5, 0.6) is 0 Å². The van der Waals surface area contributed by atoms with Crippen molar-refractivity contribution in [1.82, 2.24) is 9.97 Å². The number of hydrogen-bond acceptors (Lipinski definition) is 3. The molecule has 0 saturated carbocycles. The number of aryl methyl sites for hydroxylation is 2. The highest BCUT2D eigenvalue weighted by atomic mass is 15.0. The number of rotatable bonds is 5. The minimum atomic E-state index is 0.596. The molecule has 0 fully saturated rings. The number of aromatic nitrogens is 2. The molecular formula is C18H25N3. The van der Waals surface area contributed by atoms with Gasteiger partial charge in [-0.3, -0.25) is 0 Å². The van der Waals surface area contributed by atoms with Crippen LogP contribution in [-0.4, -0.2) is 17.0 Å². The second kappa shape index (κ2) is 6.70. The van der Waals surface area contributed by atoms with Gasteiger partial charge in [-0.1, -0.05) is 32.0 Å². The summed E-state index contributed by atoms with van der Waals surface area (Å²) in [5.74, 6) is 2.39. The van der Waals surface area contributed by atoms with E-state index < -0.39 is 0 Å². The first-order chi connectivity index (χ1) is 9.97. The van der Waals surface area contributed by atoms with Gasteiger partial charge >= 0.3 is 0 Å². The Morgan fingerprint density at radius 1 is 1.05 bits per heavy atom. The maximum absolute atomic E-state index is 4.72. The van der Waals surface area contributed by atoms with Gasteiger partial charge in [0, 0.05) is 25.2 Å². The number of nitrogens with one attached hydrogen (secondary N) is 1. The largest absolute Gasteiger partial charge is 0.373 e. The highest BCUT2D eigenvalue weighted by Gasteiger charge is 2.07. The molecule has 0 aliphatic carbocycles. The summed E-state index contributed by atoms with van der Waals surface area (Å²) in [6.45, 7) is 8.71. The molecule has 0 spiro atoms. The second-order valence-electron chi connectivity index (χ2n) is 6.10. The molecular weight excluding hydrogens is 258 g/mol. The maximum Gasteiger partial charge on any atom is 0.135 e. The minimum Gasteiger partial charge on any atom is -0.373 e. The molecule has 0 amide bonds. The van der Waals surface area contributed by atoms with Gasteiger partial charge in [-0.05, 0) is 42.9 Å². The van der Waals surface area contributed by atoms with Gasteiger partial charge in [0.05, 0.1) is 0 Å². The molecule has 0 bridgehead atoms. The van der Waals surface area contributed by atoms with Gasteiger partial charge in [0.1, 0.15) is 11.6 Å². The summed E-state index contributed by atoms with van der Waals surface area (Å²) in [7, 11) is 1.90. The lowest BCUT2D eigenvalue weighted by Gasteiger charge is -2.10. The molecule has 1 N–H and O–H groups in total. The molecule has 0 aliphatic rings. The maximum atomic E-state index is 4.72. The van der Waals surface area contributed by atoms with E-state index in [1.807, 2.05) is 13.1 Å². The van der Waals surface area contributed by atoms with Crippen LogP contribution >= 0.6 is 0 Å². The van der Waals surface area contributed by atoms with Gasteiger partial charge < -0.3 is 5.32 Å². The van der Waals surface area contributed by atoms with Gasteiger partial charge in [-0.15, -0.1) is 0 Å².